The summed E-state index contributed by atoms with van der Waals surface area (Å²) in [6.45, 7) is 3.53. The standard InChI is InChI=1S/C25H27BClN5O2S/c1-17-6-2-5-9-23(17)35(33,34)31-12-10-18(11-13-31)15-28-24-14-22(19-7-3-4-8-21(19)27)30-25-20(26)16-29-32(24)25/h2-3,5-7,9,14,16,18,28H,4,8,10-13,15H2,1H3. The van der Waals surface area contributed by atoms with Crippen molar-refractivity contribution in [3.05, 3.63) is 65.0 Å². The molecule has 1 N–H and O–H groups in total. The molecule has 2 aromatic heterocycles. The van der Waals surface area contributed by atoms with Crippen LogP contribution in [0.25, 0.3) is 11.2 Å². The number of anilines is 1. The van der Waals surface area contributed by atoms with Gasteiger partial charge in [-0.05, 0) is 55.6 Å². The molecule has 0 unspecified atom stereocenters. The van der Waals surface area contributed by atoms with Crippen molar-refractivity contribution < 1.29 is 8.42 Å². The van der Waals surface area contributed by atoms with Crippen LogP contribution in [0.2, 0.25) is 0 Å². The molecule has 7 nitrogen and oxygen atoms in total. The maximum Gasteiger partial charge on any atom is 0.243 e. The van der Waals surface area contributed by atoms with E-state index in [1.54, 1.807) is 27.2 Å². The lowest BCUT2D eigenvalue weighted by Crippen LogP contribution is -2.40. The number of hydrogen-bond acceptors (Lipinski definition) is 5. The fourth-order valence-corrected chi connectivity index (χ4v) is 6.66. The Morgan fingerprint density at radius 2 is 2.00 bits per heavy atom. The third-order valence-corrected chi connectivity index (χ3v) is 9.19. The fourth-order valence-electron chi connectivity index (χ4n) is 4.69. The van der Waals surface area contributed by atoms with Gasteiger partial charge in [-0.3, -0.25) is 0 Å². The highest BCUT2D eigenvalue weighted by atomic mass is 35.5. The molecule has 0 spiro atoms. The zero-order valence-corrected chi connectivity index (χ0v) is 21.2. The van der Waals surface area contributed by atoms with Crippen LogP contribution in [0, 0.1) is 12.8 Å². The molecule has 2 aliphatic rings. The Balaban J connectivity index is 1.30. The predicted molar refractivity (Wildman–Crippen MR) is 141 cm³/mol. The van der Waals surface area contributed by atoms with Crippen molar-refractivity contribution >= 4 is 52.0 Å². The van der Waals surface area contributed by atoms with Gasteiger partial charge in [-0.1, -0.05) is 42.0 Å². The molecule has 35 heavy (non-hydrogen) atoms. The number of benzene rings is 1. The van der Waals surface area contributed by atoms with Gasteiger partial charge in [0.2, 0.25) is 10.0 Å². The van der Waals surface area contributed by atoms with Crippen LogP contribution in [0.4, 0.5) is 5.82 Å². The van der Waals surface area contributed by atoms with Crippen LogP contribution in [0.15, 0.2) is 58.6 Å². The number of aromatic nitrogens is 3. The van der Waals surface area contributed by atoms with E-state index in [-0.39, 0.29) is 0 Å². The lowest BCUT2D eigenvalue weighted by Gasteiger charge is -2.31. The largest absolute Gasteiger partial charge is 0.370 e. The van der Waals surface area contributed by atoms with Gasteiger partial charge in [0.1, 0.15) is 13.7 Å². The highest BCUT2D eigenvalue weighted by Crippen LogP contribution is 2.31. The van der Waals surface area contributed by atoms with E-state index in [1.165, 1.54) is 0 Å². The summed E-state index contributed by atoms with van der Waals surface area (Å²) in [5, 5.41) is 8.68. The molecule has 1 aliphatic heterocycles. The van der Waals surface area contributed by atoms with Gasteiger partial charge in [0.05, 0.1) is 10.6 Å². The zero-order chi connectivity index (χ0) is 24.6. The first-order valence-electron chi connectivity index (χ1n) is 11.8. The highest BCUT2D eigenvalue weighted by Gasteiger charge is 2.30. The predicted octanol–water partition coefficient (Wildman–Crippen LogP) is 3.64. The first-order valence-corrected chi connectivity index (χ1v) is 13.7. The van der Waals surface area contributed by atoms with E-state index in [0.717, 1.165) is 53.4 Å². The minimum Gasteiger partial charge on any atom is -0.370 e. The van der Waals surface area contributed by atoms with Crippen LogP contribution in [0.3, 0.4) is 0 Å². The number of hydrogen-bond donors (Lipinski definition) is 1. The molecule has 3 heterocycles. The normalized spacial score (nSPS) is 17.9. The quantitative estimate of drug-likeness (QED) is 0.515. The van der Waals surface area contributed by atoms with Crippen molar-refractivity contribution in [2.45, 2.75) is 37.5 Å². The number of fused-ring (bicyclic) bond motifs is 1. The van der Waals surface area contributed by atoms with Crippen molar-refractivity contribution in [3.8, 4) is 0 Å². The van der Waals surface area contributed by atoms with Crippen LogP contribution in [-0.4, -0.2) is 54.8 Å². The van der Waals surface area contributed by atoms with Gasteiger partial charge in [0.15, 0.2) is 5.65 Å². The minimum atomic E-state index is -3.48. The van der Waals surface area contributed by atoms with E-state index in [1.807, 2.05) is 31.2 Å². The van der Waals surface area contributed by atoms with Crippen LogP contribution < -0.4 is 10.8 Å². The molecule has 0 bridgehead atoms. The SMILES string of the molecule is [B]c1cnn2c(NCC3CCN(S(=O)(=O)c4ccccc4C)CC3)cc(C3=C(Cl)CCC=C3)nc12. The highest BCUT2D eigenvalue weighted by molar-refractivity contribution is 7.89. The van der Waals surface area contributed by atoms with Crippen LogP contribution in [0.1, 0.15) is 36.9 Å². The van der Waals surface area contributed by atoms with E-state index >= 15 is 0 Å². The van der Waals surface area contributed by atoms with Crippen LogP contribution in [0.5, 0.6) is 0 Å². The number of sulfonamides is 1. The van der Waals surface area contributed by atoms with Gasteiger partial charge in [-0.25, -0.2) is 13.4 Å². The molecule has 1 fully saturated rings. The number of piperidine rings is 1. The molecule has 10 heteroatoms. The van der Waals surface area contributed by atoms with Crippen molar-refractivity contribution in [3.63, 3.8) is 0 Å². The van der Waals surface area contributed by atoms with E-state index in [9.17, 15) is 8.42 Å². The molecule has 0 saturated carbocycles. The van der Waals surface area contributed by atoms with E-state index in [0.29, 0.717) is 41.6 Å². The molecular formula is C25H27BClN5O2S. The van der Waals surface area contributed by atoms with Crippen molar-refractivity contribution in [1.29, 1.82) is 0 Å². The van der Waals surface area contributed by atoms with E-state index in [2.05, 4.69) is 16.5 Å². The Morgan fingerprint density at radius 3 is 2.74 bits per heavy atom. The molecule has 1 aliphatic carbocycles. The molecule has 0 amide bonds. The minimum absolute atomic E-state index is 0.329. The number of rotatable bonds is 6. The second-order valence-corrected chi connectivity index (χ2v) is 11.5. The summed E-state index contributed by atoms with van der Waals surface area (Å²) in [6.07, 6.45) is 8.97. The molecule has 2 radical (unpaired) electrons. The van der Waals surface area contributed by atoms with Crippen molar-refractivity contribution in [2.24, 2.45) is 5.92 Å². The average molecular weight is 508 g/mol. The van der Waals surface area contributed by atoms with Crippen LogP contribution in [-0.2, 0) is 10.0 Å². The number of halogens is 1. The molecule has 3 aromatic rings. The molecule has 1 saturated heterocycles. The lowest BCUT2D eigenvalue weighted by atomic mass is 9.98. The van der Waals surface area contributed by atoms with Gasteiger partial charge < -0.3 is 5.32 Å². The van der Waals surface area contributed by atoms with E-state index < -0.39 is 10.0 Å². The summed E-state index contributed by atoms with van der Waals surface area (Å²) >= 11 is 6.50. The number of nitrogens with one attached hydrogen (secondary N) is 1. The first kappa shape index (κ1) is 24.1. The maximum absolute atomic E-state index is 13.1. The molecule has 1 aromatic carbocycles. The van der Waals surface area contributed by atoms with Gasteiger partial charge in [-0.15, -0.1) is 0 Å². The fraction of sp³-hybridized carbons (Fsp3) is 0.360. The third kappa shape index (κ3) is 4.77. The van der Waals surface area contributed by atoms with Crippen molar-refractivity contribution in [2.75, 3.05) is 25.0 Å². The van der Waals surface area contributed by atoms with E-state index in [4.69, 9.17) is 24.4 Å². The summed E-state index contributed by atoms with van der Waals surface area (Å²) < 4.78 is 29.5. The van der Waals surface area contributed by atoms with Crippen molar-refractivity contribution in [1.82, 2.24) is 18.9 Å². The molecular weight excluding hydrogens is 481 g/mol. The Labute approximate surface area is 212 Å². The number of aryl methyl sites for hydroxylation is 1. The second-order valence-electron chi connectivity index (χ2n) is 9.12. The zero-order valence-electron chi connectivity index (χ0n) is 19.6. The Kier molecular flexibility index (Phi) is 6.74. The van der Waals surface area contributed by atoms with Crippen LogP contribution >= 0.6 is 11.6 Å². The third-order valence-electron chi connectivity index (χ3n) is 6.74. The summed E-state index contributed by atoms with van der Waals surface area (Å²) in [5.41, 5.74) is 3.52. The van der Waals surface area contributed by atoms with Gasteiger partial charge in [-0.2, -0.15) is 13.9 Å². The Morgan fingerprint density at radius 1 is 1.23 bits per heavy atom. The molecule has 180 valence electrons. The lowest BCUT2D eigenvalue weighted by molar-refractivity contribution is 0.282. The topological polar surface area (TPSA) is 79.6 Å². The summed E-state index contributed by atoms with van der Waals surface area (Å²) in [6, 6.07) is 9.10. The monoisotopic (exact) mass is 507 g/mol. The number of allylic oxidation sites excluding steroid dienone is 4. The van der Waals surface area contributed by atoms with Gasteiger partial charge in [0.25, 0.3) is 0 Å². The summed E-state index contributed by atoms with van der Waals surface area (Å²) in [5.74, 6) is 1.11. The summed E-state index contributed by atoms with van der Waals surface area (Å²) in [7, 11) is 2.65. The summed E-state index contributed by atoms with van der Waals surface area (Å²) in [4.78, 5) is 5.10. The van der Waals surface area contributed by atoms with Gasteiger partial charge in [0, 0.05) is 42.5 Å². The smallest absolute Gasteiger partial charge is 0.243 e. The molecule has 0 atom stereocenters. The number of nitrogens with zero attached hydrogens (tertiary/aromatic N) is 4. The Hall–Kier alpha value is -2.62. The Bertz CT molecular complexity index is 1420. The second kappa shape index (κ2) is 9.80. The average Bonchev–Trinajstić information content (AvgIpc) is 3.24. The maximum atomic E-state index is 13.1. The molecule has 5 rings (SSSR count). The first-order chi connectivity index (χ1) is 16.8. The van der Waals surface area contributed by atoms with Gasteiger partial charge >= 0.3 is 0 Å².